The van der Waals surface area contributed by atoms with Gasteiger partial charge in [0.05, 0.1) is 23.7 Å². The molecule has 0 spiro atoms. The van der Waals surface area contributed by atoms with Crippen LogP contribution in [-0.4, -0.2) is 37.2 Å². The molecule has 0 saturated carbocycles. The minimum absolute atomic E-state index is 0.179. The molecule has 0 radical (unpaired) electrons. The number of aliphatic hydroxyl groups excluding tert-OH is 1. The number of halogens is 1. The van der Waals surface area contributed by atoms with Crippen LogP contribution in [0.1, 0.15) is 30.4 Å². The molecule has 1 N–H and O–H groups in total. The van der Waals surface area contributed by atoms with Gasteiger partial charge < -0.3 is 9.84 Å². The molecule has 116 valence electrons. The second kappa shape index (κ2) is 5.78. The largest absolute Gasteiger partial charge is 0.493 e. The van der Waals surface area contributed by atoms with Crippen molar-refractivity contribution in [2.24, 2.45) is 0 Å². The zero-order chi connectivity index (χ0) is 15.0. The Morgan fingerprint density at radius 3 is 2.95 bits per heavy atom. The smallest absolute Gasteiger partial charge is 0.155 e. The Bertz CT molecular complexity index is 641. The highest BCUT2D eigenvalue weighted by Gasteiger charge is 2.35. The van der Waals surface area contributed by atoms with E-state index in [-0.39, 0.29) is 12.2 Å². The molecule has 2 aliphatic heterocycles. The van der Waals surface area contributed by atoms with Crippen molar-refractivity contribution in [3.05, 3.63) is 28.3 Å². The van der Waals surface area contributed by atoms with Crippen LogP contribution in [0.2, 0.25) is 5.02 Å². The summed E-state index contributed by atoms with van der Waals surface area (Å²) < 4.78 is 29.8. The predicted octanol–water partition coefficient (Wildman–Crippen LogP) is 2.15. The molecule has 2 heterocycles. The van der Waals surface area contributed by atoms with Gasteiger partial charge in [-0.3, -0.25) is 0 Å². The van der Waals surface area contributed by atoms with Crippen LogP contribution in [-0.2, 0) is 22.7 Å². The predicted molar refractivity (Wildman–Crippen MR) is 81.8 cm³/mol. The number of hydrogen-bond donors (Lipinski definition) is 1. The Balaban J connectivity index is 1.84. The lowest BCUT2D eigenvalue weighted by atomic mass is 9.99. The van der Waals surface area contributed by atoms with Gasteiger partial charge in [-0.1, -0.05) is 18.0 Å². The van der Waals surface area contributed by atoms with Crippen LogP contribution in [0.4, 0.5) is 0 Å². The molecule has 1 aromatic carbocycles. The lowest BCUT2D eigenvalue weighted by Crippen LogP contribution is -2.39. The van der Waals surface area contributed by atoms with Crippen molar-refractivity contribution in [2.75, 3.05) is 12.4 Å². The fourth-order valence-electron chi connectivity index (χ4n) is 3.27. The molecule has 2 atom stereocenters. The summed E-state index contributed by atoms with van der Waals surface area (Å²) in [6, 6.07) is 3.64. The van der Waals surface area contributed by atoms with Gasteiger partial charge in [-0.25, -0.2) is 8.42 Å². The van der Waals surface area contributed by atoms with E-state index in [0.717, 1.165) is 29.7 Å². The summed E-state index contributed by atoms with van der Waals surface area (Å²) in [5.74, 6) is 0.949. The van der Waals surface area contributed by atoms with Gasteiger partial charge in [0.15, 0.2) is 9.84 Å². The number of sulfone groups is 1. The van der Waals surface area contributed by atoms with Gasteiger partial charge in [-0.2, -0.15) is 0 Å². The van der Waals surface area contributed by atoms with Gasteiger partial charge in [0.25, 0.3) is 0 Å². The highest BCUT2D eigenvalue weighted by molar-refractivity contribution is 7.92. The van der Waals surface area contributed by atoms with Crippen LogP contribution < -0.4 is 4.74 Å². The maximum Gasteiger partial charge on any atom is 0.155 e. The van der Waals surface area contributed by atoms with E-state index < -0.39 is 21.2 Å². The van der Waals surface area contributed by atoms with E-state index in [9.17, 15) is 13.5 Å². The third-order valence-corrected chi connectivity index (χ3v) is 6.86. The molecule has 0 aliphatic carbocycles. The number of benzene rings is 1. The number of ether oxygens (including phenoxy) is 1. The van der Waals surface area contributed by atoms with Gasteiger partial charge in [0, 0.05) is 17.9 Å². The minimum atomic E-state index is -3.19. The van der Waals surface area contributed by atoms with Crippen molar-refractivity contribution in [1.82, 2.24) is 0 Å². The second-order valence-electron chi connectivity index (χ2n) is 5.82. The Morgan fingerprint density at radius 1 is 1.38 bits per heavy atom. The van der Waals surface area contributed by atoms with Crippen LogP contribution in [0.25, 0.3) is 0 Å². The lowest BCUT2D eigenvalue weighted by Gasteiger charge is -2.27. The maximum absolute atomic E-state index is 12.1. The van der Waals surface area contributed by atoms with Crippen LogP contribution >= 0.6 is 11.6 Å². The molecule has 21 heavy (non-hydrogen) atoms. The zero-order valence-electron chi connectivity index (χ0n) is 11.7. The molecular formula is C15H19ClO4S. The van der Waals surface area contributed by atoms with Gasteiger partial charge in [0.2, 0.25) is 0 Å². The van der Waals surface area contributed by atoms with E-state index in [1.165, 1.54) is 0 Å². The van der Waals surface area contributed by atoms with Gasteiger partial charge in [-0.05, 0) is 36.1 Å². The molecular weight excluding hydrogens is 312 g/mol. The monoisotopic (exact) mass is 330 g/mol. The zero-order valence-corrected chi connectivity index (χ0v) is 13.3. The average Bonchev–Trinajstić information content (AvgIpc) is 2.86. The first-order chi connectivity index (χ1) is 9.97. The molecule has 1 aromatic rings. The first-order valence-corrected chi connectivity index (χ1v) is 9.40. The average molecular weight is 331 g/mol. The maximum atomic E-state index is 12.1. The Hall–Kier alpha value is -0.780. The van der Waals surface area contributed by atoms with Crippen LogP contribution in [0.5, 0.6) is 5.75 Å². The lowest BCUT2D eigenvalue weighted by molar-refractivity contribution is 0.161. The van der Waals surface area contributed by atoms with E-state index >= 15 is 0 Å². The van der Waals surface area contributed by atoms with E-state index in [4.69, 9.17) is 16.3 Å². The number of hydrogen-bond acceptors (Lipinski definition) is 4. The van der Waals surface area contributed by atoms with Gasteiger partial charge in [-0.15, -0.1) is 0 Å². The number of fused-ring (bicyclic) bond motifs is 1. The summed E-state index contributed by atoms with van der Waals surface area (Å²) in [6.45, 7) is 0.612. The van der Waals surface area contributed by atoms with Crippen molar-refractivity contribution >= 4 is 21.4 Å². The molecule has 0 aromatic heterocycles. The molecule has 2 unspecified atom stereocenters. The molecule has 1 fully saturated rings. The van der Waals surface area contributed by atoms with Crippen molar-refractivity contribution < 1.29 is 18.3 Å². The summed E-state index contributed by atoms with van der Waals surface area (Å²) in [6.07, 6.45) is 2.26. The fourth-order valence-corrected chi connectivity index (χ4v) is 5.54. The summed E-state index contributed by atoms with van der Waals surface area (Å²) >= 11 is 6.10. The van der Waals surface area contributed by atoms with Crippen molar-refractivity contribution in [3.8, 4) is 5.75 Å². The Kier molecular flexibility index (Phi) is 4.17. The first-order valence-electron chi connectivity index (χ1n) is 7.31. The normalized spacial score (nSPS) is 25.1. The fraction of sp³-hybridized carbons (Fsp3) is 0.600. The molecule has 0 bridgehead atoms. The van der Waals surface area contributed by atoms with Crippen molar-refractivity contribution in [3.63, 3.8) is 0 Å². The van der Waals surface area contributed by atoms with E-state index in [0.29, 0.717) is 24.5 Å². The summed E-state index contributed by atoms with van der Waals surface area (Å²) in [7, 11) is -3.19. The van der Waals surface area contributed by atoms with Crippen LogP contribution in [0, 0.1) is 0 Å². The molecule has 4 nitrogen and oxygen atoms in total. The molecule has 2 aliphatic rings. The summed E-state index contributed by atoms with van der Waals surface area (Å²) in [5.41, 5.74) is 1.85. The summed E-state index contributed by atoms with van der Waals surface area (Å²) in [4.78, 5) is 0. The number of aliphatic hydroxyl groups is 1. The van der Waals surface area contributed by atoms with E-state index in [1.54, 1.807) is 6.07 Å². The topological polar surface area (TPSA) is 63.6 Å². The molecule has 0 amide bonds. The van der Waals surface area contributed by atoms with Crippen LogP contribution in [0.3, 0.4) is 0 Å². The third kappa shape index (κ3) is 3.05. The molecule has 6 heteroatoms. The van der Waals surface area contributed by atoms with E-state index in [2.05, 4.69) is 0 Å². The number of rotatable bonds is 3. The SMILES string of the molecule is O=S1(=O)CCCCC1C(O)Cc1cc(Cl)cc2c1OCC2. The highest BCUT2D eigenvalue weighted by atomic mass is 35.5. The Morgan fingerprint density at radius 2 is 2.19 bits per heavy atom. The first kappa shape index (κ1) is 15.1. The van der Waals surface area contributed by atoms with Crippen LogP contribution in [0.15, 0.2) is 12.1 Å². The minimum Gasteiger partial charge on any atom is -0.493 e. The third-order valence-electron chi connectivity index (χ3n) is 4.31. The van der Waals surface area contributed by atoms with E-state index in [1.807, 2.05) is 6.07 Å². The second-order valence-corrected chi connectivity index (χ2v) is 8.60. The summed E-state index contributed by atoms with van der Waals surface area (Å²) in [5, 5.41) is 10.3. The molecule has 3 rings (SSSR count). The van der Waals surface area contributed by atoms with Gasteiger partial charge >= 0.3 is 0 Å². The van der Waals surface area contributed by atoms with Gasteiger partial charge in [0.1, 0.15) is 5.75 Å². The highest BCUT2D eigenvalue weighted by Crippen LogP contribution is 2.35. The van der Waals surface area contributed by atoms with Crippen molar-refractivity contribution in [1.29, 1.82) is 0 Å². The standard InChI is InChI=1S/C15H19ClO4S/c16-12-7-10-4-5-20-15(10)11(8-12)9-13(17)14-3-1-2-6-21(14,18)19/h7-8,13-14,17H,1-6,9H2. The van der Waals surface area contributed by atoms with Crippen molar-refractivity contribution in [2.45, 2.75) is 43.5 Å². The Labute approximate surface area is 130 Å². The molecule has 1 saturated heterocycles. The quantitative estimate of drug-likeness (QED) is 0.922.